The zero-order valence-corrected chi connectivity index (χ0v) is 17.5. The van der Waals surface area contributed by atoms with Crippen LogP contribution in [0, 0.1) is 5.82 Å². The van der Waals surface area contributed by atoms with Crippen LogP contribution >= 0.6 is 0 Å². The molecule has 0 unspecified atom stereocenters. The molecule has 0 spiro atoms. The summed E-state index contributed by atoms with van der Waals surface area (Å²) in [6.07, 6.45) is -0.129. The van der Waals surface area contributed by atoms with Gasteiger partial charge in [-0.2, -0.15) is 0 Å². The van der Waals surface area contributed by atoms with E-state index >= 15 is 0 Å². The van der Waals surface area contributed by atoms with E-state index < -0.39 is 23.9 Å². The smallest absolute Gasteiger partial charge is 0.257 e. The lowest BCUT2D eigenvalue weighted by Gasteiger charge is -2.44. The van der Waals surface area contributed by atoms with E-state index in [0.29, 0.717) is 39.1 Å². The Labute approximate surface area is 180 Å². The molecule has 4 atom stereocenters. The van der Waals surface area contributed by atoms with Crippen LogP contribution < -0.4 is 0 Å². The number of rotatable bonds is 3. The van der Waals surface area contributed by atoms with Crippen molar-refractivity contribution in [3.63, 3.8) is 0 Å². The van der Waals surface area contributed by atoms with E-state index in [4.69, 9.17) is 14.2 Å². The van der Waals surface area contributed by atoms with Gasteiger partial charge in [0.1, 0.15) is 11.9 Å². The van der Waals surface area contributed by atoms with Crippen LogP contribution in [-0.4, -0.2) is 97.1 Å². The lowest BCUT2D eigenvalue weighted by molar-refractivity contribution is -0.157. The summed E-state index contributed by atoms with van der Waals surface area (Å²) in [5, 5.41) is 10.2. The molecule has 3 aliphatic rings. The summed E-state index contributed by atoms with van der Waals surface area (Å²) in [6.45, 7) is 2.56. The summed E-state index contributed by atoms with van der Waals surface area (Å²) in [4.78, 5) is 29.1. The van der Waals surface area contributed by atoms with Crippen molar-refractivity contribution in [2.45, 2.75) is 43.6 Å². The van der Waals surface area contributed by atoms with Crippen LogP contribution in [0.3, 0.4) is 0 Å². The Hall–Kier alpha value is -2.07. The molecule has 1 aromatic carbocycles. The van der Waals surface area contributed by atoms with E-state index in [1.54, 1.807) is 11.0 Å². The Bertz CT molecular complexity index is 787. The molecule has 3 saturated heterocycles. The molecule has 3 fully saturated rings. The summed E-state index contributed by atoms with van der Waals surface area (Å²) in [5.74, 6) is -1.03. The minimum atomic E-state index is -0.864. The number of morpholine rings is 1. The number of hydrogen-bond donors (Lipinski definition) is 1. The van der Waals surface area contributed by atoms with Crippen molar-refractivity contribution in [1.29, 1.82) is 0 Å². The number of β-amino-alcohol motifs (C(OH)–C–C–N with tert-alkyl or cyclic N) is 1. The number of fused-ring (bicyclic) bond motifs is 1. The molecule has 4 rings (SSSR count). The van der Waals surface area contributed by atoms with Gasteiger partial charge in [0.05, 0.1) is 56.7 Å². The molecule has 0 saturated carbocycles. The molecule has 170 valence electrons. The summed E-state index contributed by atoms with van der Waals surface area (Å²) in [7, 11) is 0. The van der Waals surface area contributed by atoms with Gasteiger partial charge in [0.2, 0.25) is 5.91 Å². The van der Waals surface area contributed by atoms with Crippen LogP contribution in [0.15, 0.2) is 24.3 Å². The van der Waals surface area contributed by atoms with Crippen molar-refractivity contribution in [2.75, 3.05) is 46.1 Å². The Kier molecular flexibility index (Phi) is 7.16. The molecule has 0 aromatic heterocycles. The fraction of sp³-hybridized carbons (Fsp3) is 0.636. The van der Waals surface area contributed by atoms with Gasteiger partial charge in [0.15, 0.2) is 0 Å². The van der Waals surface area contributed by atoms with Crippen LogP contribution in [0.1, 0.15) is 29.6 Å². The zero-order chi connectivity index (χ0) is 21.8. The summed E-state index contributed by atoms with van der Waals surface area (Å²) in [6, 6.07) is 5.48. The van der Waals surface area contributed by atoms with Crippen LogP contribution in [0.5, 0.6) is 0 Å². The number of carbonyl (C=O) groups excluding carboxylic acids is 2. The van der Waals surface area contributed by atoms with E-state index in [1.807, 2.05) is 0 Å². The van der Waals surface area contributed by atoms with E-state index in [-0.39, 0.29) is 49.8 Å². The van der Waals surface area contributed by atoms with Gasteiger partial charge in [0, 0.05) is 19.6 Å². The highest BCUT2D eigenvalue weighted by molar-refractivity contribution is 5.94. The van der Waals surface area contributed by atoms with Crippen molar-refractivity contribution < 1.29 is 33.3 Å². The molecule has 0 aliphatic carbocycles. The minimum absolute atomic E-state index is 0.0282. The molecule has 3 aliphatic heterocycles. The van der Waals surface area contributed by atoms with Gasteiger partial charge < -0.3 is 29.1 Å². The molecular formula is C22H29FN2O6. The lowest BCUT2D eigenvalue weighted by atomic mass is 9.94. The van der Waals surface area contributed by atoms with Crippen molar-refractivity contribution >= 4 is 11.8 Å². The van der Waals surface area contributed by atoms with Crippen LogP contribution in [0.2, 0.25) is 0 Å². The SMILES string of the molecule is O=C(C[C@H]1CC[C@@H]2[C@H](COC[C@H](O)CN2C(=O)c2ccccc2F)O1)N1CCOCC1. The number of benzene rings is 1. The fourth-order valence-electron chi connectivity index (χ4n) is 4.50. The topological polar surface area (TPSA) is 88.5 Å². The van der Waals surface area contributed by atoms with Gasteiger partial charge in [0.25, 0.3) is 5.91 Å². The largest absolute Gasteiger partial charge is 0.389 e. The first-order valence-electron chi connectivity index (χ1n) is 10.8. The maximum Gasteiger partial charge on any atom is 0.257 e. The molecule has 9 heteroatoms. The third-order valence-corrected chi connectivity index (χ3v) is 6.11. The third kappa shape index (κ3) is 5.23. The first-order chi connectivity index (χ1) is 15.0. The molecule has 8 nitrogen and oxygen atoms in total. The fourth-order valence-corrected chi connectivity index (χ4v) is 4.50. The summed E-state index contributed by atoms with van der Waals surface area (Å²) in [5.41, 5.74) is -0.0282. The van der Waals surface area contributed by atoms with Gasteiger partial charge in [-0.1, -0.05) is 12.1 Å². The Balaban J connectivity index is 1.46. The average Bonchev–Trinajstić information content (AvgIpc) is 2.77. The molecular weight excluding hydrogens is 407 g/mol. The maximum atomic E-state index is 14.3. The predicted molar refractivity (Wildman–Crippen MR) is 108 cm³/mol. The molecule has 1 N–H and O–H groups in total. The van der Waals surface area contributed by atoms with Gasteiger partial charge >= 0.3 is 0 Å². The number of aliphatic hydroxyl groups excluding tert-OH is 1. The Morgan fingerprint density at radius 1 is 1.10 bits per heavy atom. The molecule has 0 bridgehead atoms. The Morgan fingerprint density at radius 2 is 1.87 bits per heavy atom. The summed E-state index contributed by atoms with van der Waals surface area (Å²) >= 11 is 0. The second-order valence-electron chi connectivity index (χ2n) is 8.27. The highest BCUT2D eigenvalue weighted by atomic mass is 19.1. The van der Waals surface area contributed by atoms with Crippen molar-refractivity contribution in [1.82, 2.24) is 9.80 Å². The minimum Gasteiger partial charge on any atom is -0.389 e. The summed E-state index contributed by atoms with van der Waals surface area (Å²) < 4.78 is 31.3. The standard InChI is InChI=1S/C22H29FN2O6/c23-18-4-2-1-3-17(18)22(28)25-12-15(26)13-30-14-20-19(25)6-5-16(31-20)11-21(27)24-7-9-29-10-8-24/h1-4,15-16,19-20,26H,5-14H2/t15-,16-,19-,20+/m1/s1. The third-order valence-electron chi connectivity index (χ3n) is 6.11. The van der Waals surface area contributed by atoms with E-state index in [1.165, 1.54) is 23.1 Å². The average molecular weight is 436 g/mol. The van der Waals surface area contributed by atoms with Crippen molar-refractivity contribution in [2.24, 2.45) is 0 Å². The molecule has 2 amide bonds. The molecule has 3 heterocycles. The number of hydrogen-bond acceptors (Lipinski definition) is 6. The maximum absolute atomic E-state index is 14.3. The number of carbonyl (C=O) groups is 2. The lowest BCUT2D eigenvalue weighted by Crippen LogP contribution is -2.57. The zero-order valence-electron chi connectivity index (χ0n) is 17.5. The van der Waals surface area contributed by atoms with E-state index in [0.717, 1.165) is 0 Å². The second-order valence-corrected chi connectivity index (χ2v) is 8.27. The monoisotopic (exact) mass is 436 g/mol. The Morgan fingerprint density at radius 3 is 2.65 bits per heavy atom. The molecule has 31 heavy (non-hydrogen) atoms. The second kappa shape index (κ2) is 10.0. The highest BCUT2D eigenvalue weighted by Crippen LogP contribution is 2.29. The predicted octanol–water partition coefficient (Wildman–Crippen LogP) is 0.824. The number of aliphatic hydroxyl groups is 1. The molecule has 1 aromatic rings. The van der Waals surface area contributed by atoms with Crippen LogP contribution in [0.25, 0.3) is 0 Å². The number of nitrogens with zero attached hydrogens (tertiary/aromatic N) is 2. The van der Waals surface area contributed by atoms with Crippen molar-refractivity contribution in [3.8, 4) is 0 Å². The quantitative estimate of drug-likeness (QED) is 0.755. The number of ether oxygens (including phenoxy) is 3. The van der Waals surface area contributed by atoms with Gasteiger partial charge in [-0.15, -0.1) is 0 Å². The number of halogens is 1. The highest BCUT2D eigenvalue weighted by Gasteiger charge is 2.41. The van der Waals surface area contributed by atoms with Gasteiger partial charge in [-0.05, 0) is 25.0 Å². The molecule has 0 radical (unpaired) electrons. The first kappa shape index (κ1) is 22.1. The normalized spacial score (nSPS) is 29.6. The van der Waals surface area contributed by atoms with Gasteiger partial charge in [-0.3, -0.25) is 9.59 Å². The van der Waals surface area contributed by atoms with Crippen molar-refractivity contribution in [3.05, 3.63) is 35.6 Å². The van der Waals surface area contributed by atoms with E-state index in [9.17, 15) is 19.1 Å². The first-order valence-corrected chi connectivity index (χ1v) is 10.8. The van der Waals surface area contributed by atoms with Crippen LogP contribution in [0.4, 0.5) is 4.39 Å². The van der Waals surface area contributed by atoms with E-state index in [2.05, 4.69) is 0 Å². The van der Waals surface area contributed by atoms with Crippen LogP contribution in [-0.2, 0) is 19.0 Å². The number of amides is 2. The van der Waals surface area contributed by atoms with Gasteiger partial charge in [-0.25, -0.2) is 4.39 Å².